The van der Waals surface area contributed by atoms with Gasteiger partial charge >= 0.3 is 11.7 Å². The number of para-hydroxylation sites is 1. The Kier molecular flexibility index (Phi) is 8.37. The molecule has 0 unspecified atom stereocenters. The van der Waals surface area contributed by atoms with Crippen molar-refractivity contribution in [2.24, 2.45) is 0 Å². The molecule has 4 heterocycles. The monoisotopic (exact) mass is 607 g/mol. The smallest absolute Gasteiger partial charge is 0.351 e. The van der Waals surface area contributed by atoms with Gasteiger partial charge in [0, 0.05) is 68.9 Å². The topological polar surface area (TPSA) is 109 Å². The summed E-state index contributed by atoms with van der Waals surface area (Å²) < 4.78 is 20.2. The Bertz CT molecular complexity index is 1760. The molecular formula is C30H34FN7O4S. The maximum atomic E-state index is 15.3. The molecule has 0 bridgehead atoms. The first kappa shape index (κ1) is 29.1. The molecule has 0 amide bonds. The number of nitrogens with zero attached hydrogens (tertiary/aromatic N) is 7. The summed E-state index contributed by atoms with van der Waals surface area (Å²) in [6.07, 6.45) is 1.32. The zero-order chi connectivity index (χ0) is 30.1. The summed E-state index contributed by atoms with van der Waals surface area (Å²) >= 11 is 1.94. The number of aryl methyl sites for hydroxylation is 1. The molecule has 6 rings (SSSR count). The molecule has 2 aromatic heterocycles. The van der Waals surface area contributed by atoms with Crippen molar-refractivity contribution >= 4 is 34.3 Å². The quantitative estimate of drug-likeness (QED) is 0.323. The van der Waals surface area contributed by atoms with Crippen LogP contribution in [-0.2, 0) is 19.8 Å². The maximum absolute atomic E-state index is 15.3. The fourth-order valence-electron chi connectivity index (χ4n) is 5.82. The van der Waals surface area contributed by atoms with E-state index in [1.54, 1.807) is 15.2 Å². The van der Waals surface area contributed by atoms with Crippen LogP contribution in [0.15, 0.2) is 58.3 Å². The van der Waals surface area contributed by atoms with E-state index in [2.05, 4.69) is 9.80 Å². The molecule has 2 aromatic carbocycles. The van der Waals surface area contributed by atoms with Crippen molar-refractivity contribution in [1.82, 2.24) is 28.7 Å². The number of hydrogen-bond acceptors (Lipinski definition) is 8. The molecule has 11 nitrogen and oxygen atoms in total. The molecule has 0 spiro atoms. The van der Waals surface area contributed by atoms with Gasteiger partial charge in [-0.2, -0.15) is 21.5 Å². The summed E-state index contributed by atoms with van der Waals surface area (Å²) in [6, 6.07) is 12.4. The molecule has 0 atom stereocenters. The Morgan fingerprint density at radius 2 is 1.72 bits per heavy atom. The number of hydrogen-bond donors (Lipinski definition) is 1. The number of halogens is 1. The SMILES string of the molecule is CCn1cc(C(=O)O)c(=O)c2cc(F)c(N3CCN(Cn4nc(CN5CCSCC5)n(-c5ccccc5)c4=O)CC3)cc21. The first-order valence-electron chi connectivity index (χ1n) is 14.5. The molecule has 13 heteroatoms. The highest BCUT2D eigenvalue weighted by Gasteiger charge is 2.25. The molecule has 0 aliphatic carbocycles. The minimum absolute atomic E-state index is 0.0501. The van der Waals surface area contributed by atoms with E-state index in [0.29, 0.717) is 63.0 Å². The third-order valence-corrected chi connectivity index (χ3v) is 9.10. The van der Waals surface area contributed by atoms with E-state index in [0.717, 1.165) is 36.3 Å². The van der Waals surface area contributed by atoms with E-state index in [4.69, 9.17) is 5.10 Å². The number of benzene rings is 2. The van der Waals surface area contributed by atoms with Gasteiger partial charge in [0.1, 0.15) is 11.4 Å². The highest BCUT2D eigenvalue weighted by Crippen LogP contribution is 2.26. The Balaban J connectivity index is 1.21. The van der Waals surface area contributed by atoms with E-state index in [1.165, 1.54) is 10.9 Å². The van der Waals surface area contributed by atoms with Crippen LogP contribution >= 0.6 is 11.8 Å². The van der Waals surface area contributed by atoms with Crippen LogP contribution in [0.3, 0.4) is 0 Å². The molecule has 2 aliphatic rings. The average Bonchev–Trinajstić information content (AvgIpc) is 3.32. The van der Waals surface area contributed by atoms with Gasteiger partial charge in [0.25, 0.3) is 0 Å². The van der Waals surface area contributed by atoms with Crippen molar-refractivity contribution in [2.45, 2.75) is 26.7 Å². The molecule has 2 aliphatic heterocycles. The lowest BCUT2D eigenvalue weighted by molar-refractivity contribution is 0.0695. The first-order valence-corrected chi connectivity index (χ1v) is 15.6. The predicted octanol–water partition coefficient (Wildman–Crippen LogP) is 2.53. The van der Waals surface area contributed by atoms with Crippen LogP contribution < -0.4 is 16.0 Å². The number of aromatic carboxylic acids is 1. The second-order valence-electron chi connectivity index (χ2n) is 10.8. The Morgan fingerprint density at radius 3 is 2.40 bits per heavy atom. The number of rotatable bonds is 8. The van der Waals surface area contributed by atoms with Gasteiger partial charge < -0.3 is 14.6 Å². The van der Waals surface area contributed by atoms with Gasteiger partial charge in [0.2, 0.25) is 5.43 Å². The lowest BCUT2D eigenvalue weighted by atomic mass is 10.1. The van der Waals surface area contributed by atoms with Crippen LogP contribution in [0.5, 0.6) is 0 Å². The molecule has 0 saturated carbocycles. The fraction of sp³-hybridized carbons (Fsp3) is 0.400. The summed E-state index contributed by atoms with van der Waals surface area (Å²) in [5.41, 5.74) is 0.393. The van der Waals surface area contributed by atoms with E-state index in [-0.39, 0.29) is 16.6 Å². The fourth-order valence-corrected chi connectivity index (χ4v) is 6.80. The molecule has 0 radical (unpaired) electrons. The summed E-state index contributed by atoms with van der Waals surface area (Å²) in [5.74, 6) is 0.950. The lowest BCUT2D eigenvalue weighted by Gasteiger charge is -2.36. The van der Waals surface area contributed by atoms with Gasteiger partial charge in [0.05, 0.1) is 30.1 Å². The molecule has 43 heavy (non-hydrogen) atoms. The number of pyridine rings is 1. The third kappa shape index (κ3) is 5.84. The predicted molar refractivity (Wildman–Crippen MR) is 165 cm³/mol. The maximum Gasteiger partial charge on any atom is 0.351 e. The molecule has 2 fully saturated rings. The second-order valence-corrected chi connectivity index (χ2v) is 12.0. The van der Waals surface area contributed by atoms with E-state index in [1.807, 2.05) is 53.9 Å². The molecular weight excluding hydrogens is 573 g/mol. The van der Waals surface area contributed by atoms with Crippen LogP contribution in [0.1, 0.15) is 23.1 Å². The third-order valence-electron chi connectivity index (χ3n) is 8.16. The minimum atomic E-state index is -1.33. The summed E-state index contributed by atoms with van der Waals surface area (Å²) in [6.45, 7) is 7.31. The normalized spacial score (nSPS) is 16.7. The average molecular weight is 608 g/mol. The largest absolute Gasteiger partial charge is 0.477 e. The highest BCUT2D eigenvalue weighted by molar-refractivity contribution is 7.99. The minimum Gasteiger partial charge on any atom is -0.477 e. The summed E-state index contributed by atoms with van der Waals surface area (Å²) in [7, 11) is 0. The van der Waals surface area contributed by atoms with Crippen LogP contribution in [0.2, 0.25) is 0 Å². The van der Waals surface area contributed by atoms with E-state index >= 15 is 4.39 Å². The zero-order valence-corrected chi connectivity index (χ0v) is 24.8. The number of anilines is 1. The summed E-state index contributed by atoms with van der Waals surface area (Å²) in [5, 5.41) is 14.2. The van der Waals surface area contributed by atoms with Crippen molar-refractivity contribution < 1.29 is 14.3 Å². The van der Waals surface area contributed by atoms with Gasteiger partial charge in [-0.05, 0) is 31.2 Å². The van der Waals surface area contributed by atoms with E-state index in [9.17, 15) is 19.5 Å². The first-order chi connectivity index (χ1) is 20.8. The number of piperazine rings is 1. The lowest BCUT2D eigenvalue weighted by Crippen LogP contribution is -2.48. The van der Waals surface area contributed by atoms with Crippen molar-refractivity contribution in [3.8, 4) is 5.69 Å². The Morgan fingerprint density at radius 1 is 1.00 bits per heavy atom. The number of thioether (sulfide) groups is 1. The number of carboxylic acid groups (broad SMARTS) is 1. The van der Waals surface area contributed by atoms with Gasteiger partial charge in [-0.15, -0.1) is 0 Å². The van der Waals surface area contributed by atoms with Crippen molar-refractivity contribution in [3.05, 3.63) is 86.6 Å². The number of carboxylic acids is 1. The molecule has 226 valence electrons. The van der Waals surface area contributed by atoms with Crippen molar-refractivity contribution in [1.29, 1.82) is 0 Å². The Labute approximate surface area is 251 Å². The Hall–Kier alpha value is -3.94. The molecule has 1 N–H and O–H groups in total. The standard InChI is InChI=1S/C30H34FN7O4S/c1-2-35-18-23(29(40)41)28(39)22-16-24(31)26(17-25(22)35)36-10-8-34(9-11-36)20-37-30(42)38(21-6-4-3-5-7-21)27(32-37)19-33-12-14-43-15-13-33/h3-7,16-18H,2,8-15,19-20H2,1H3,(H,40,41). The molecule has 4 aromatic rings. The van der Waals surface area contributed by atoms with Gasteiger partial charge in [0.15, 0.2) is 5.82 Å². The summed E-state index contributed by atoms with van der Waals surface area (Å²) in [4.78, 5) is 44.3. The number of aromatic nitrogens is 4. The zero-order valence-electron chi connectivity index (χ0n) is 24.0. The van der Waals surface area contributed by atoms with Crippen LogP contribution in [0.25, 0.3) is 16.6 Å². The van der Waals surface area contributed by atoms with Crippen LogP contribution in [0.4, 0.5) is 10.1 Å². The van der Waals surface area contributed by atoms with Crippen LogP contribution in [0, 0.1) is 5.82 Å². The van der Waals surface area contributed by atoms with Gasteiger partial charge in [-0.3, -0.25) is 14.6 Å². The van der Waals surface area contributed by atoms with Crippen molar-refractivity contribution in [3.63, 3.8) is 0 Å². The van der Waals surface area contributed by atoms with Gasteiger partial charge in [-0.25, -0.2) is 18.5 Å². The second kappa shape index (κ2) is 12.3. The van der Waals surface area contributed by atoms with Gasteiger partial charge in [-0.1, -0.05) is 18.2 Å². The van der Waals surface area contributed by atoms with Crippen molar-refractivity contribution in [2.75, 3.05) is 55.7 Å². The number of carbonyl (C=O) groups is 1. The van der Waals surface area contributed by atoms with Crippen LogP contribution in [-0.4, -0.2) is 90.6 Å². The van der Waals surface area contributed by atoms with E-state index < -0.39 is 17.2 Å². The number of fused-ring (bicyclic) bond motifs is 1. The highest BCUT2D eigenvalue weighted by atomic mass is 32.2. The molecule has 2 saturated heterocycles.